The number of phosphoric ester groups is 2. The Morgan fingerprint density at radius 2 is 0.431 bits per heavy atom. The fraction of sp³-hybridized carbons (Fsp3) is 0.667. The van der Waals surface area contributed by atoms with Gasteiger partial charge in [0.15, 0.2) is 6.10 Å². The van der Waals surface area contributed by atoms with Gasteiger partial charge in [0.05, 0.1) is 26.4 Å². The molecule has 123 heavy (non-hydrogen) atoms. The number of unbranched alkanes of at least 4 members (excludes halogenated alkanes) is 36. The average Bonchev–Trinajstić information content (AvgIpc) is 0.898. The van der Waals surface area contributed by atoms with Gasteiger partial charge in [0, 0.05) is 19.3 Å². The molecule has 0 aliphatic carbocycles. The van der Waals surface area contributed by atoms with Crippen LogP contribution in [0.2, 0.25) is 0 Å². The van der Waals surface area contributed by atoms with E-state index in [0.29, 0.717) is 25.7 Å². The van der Waals surface area contributed by atoms with Crippen LogP contribution in [0.1, 0.15) is 393 Å². The van der Waals surface area contributed by atoms with E-state index >= 15 is 0 Å². The van der Waals surface area contributed by atoms with E-state index in [-0.39, 0.29) is 19.3 Å². The lowest BCUT2D eigenvalue weighted by molar-refractivity contribution is -0.161. The fourth-order valence-electron chi connectivity index (χ4n) is 13.0. The highest BCUT2D eigenvalue weighted by Crippen LogP contribution is 2.45. The van der Waals surface area contributed by atoms with Gasteiger partial charge in [-0.25, -0.2) is 9.13 Å². The first-order chi connectivity index (χ1) is 60.2. The van der Waals surface area contributed by atoms with Crippen molar-refractivity contribution in [2.75, 3.05) is 39.6 Å². The first kappa shape index (κ1) is 117. The number of hydrogen-bond acceptors (Lipinski definition) is 14. The molecule has 0 heterocycles. The predicted octanol–water partition coefficient (Wildman–Crippen LogP) is 30.6. The Morgan fingerprint density at radius 1 is 0.236 bits per heavy atom. The zero-order valence-electron chi connectivity index (χ0n) is 77.5. The van der Waals surface area contributed by atoms with Crippen LogP contribution in [0.25, 0.3) is 0 Å². The molecule has 0 radical (unpaired) electrons. The molecule has 0 aromatic carbocycles. The maximum atomic E-state index is 13.1. The Bertz CT molecular complexity index is 3020. The predicted molar refractivity (Wildman–Crippen MR) is 518 cm³/mol. The van der Waals surface area contributed by atoms with Crippen LogP contribution in [0, 0.1) is 0 Å². The van der Waals surface area contributed by atoms with Crippen LogP contribution < -0.4 is 0 Å². The third kappa shape index (κ3) is 96.9. The molecule has 18 heteroatoms. The van der Waals surface area contributed by atoms with E-state index in [2.05, 4.69) is 215 Å². The quantitative estimate of drug-likeness (QED) is 0.0146. The Labute approximate surface area is 750 Å². The minimum atomic E-state index is -4.96. The summed E-state index contributed by atoms with van der Waals surface area (Å²) in [5.74, 6) is -1.62. The lowest BCUT2D eigenvalue weighted by atomic mass is 10.0. The largest absolute Gasteiger partial charge is 0.472 e. The number of allylic oxidation sites excluding steroid dienone is 32. The van der Waals surface area contributed by atoms with E-state index in [1.54, 1.807) is 0 Å². The molecule has 0 aromatic rings. The number of ether oxygens (including phenoxy) is 3. The van der Waals surface area contributed by atoms with Gasteiger partial charge in [-0.2, -0.15) is 0 Å². The lowest BCUT2D eigenvalue weighted by Crippen LogP contribution is -2.30. The van der Waals surface area contributed by atoms with E-state index in [0.717, 1.165) is 148 Å². The molecule has 0 aliphatic heterocycles. The van der Waals surface area contributed by atoms with Crippen LogP contribution in [-0.4, -0.2) is 95.9 Å². The number of rotatable bonds is 91. The van der Waals surface area contributed by atoms with Crippen molar-refractivity contribution in [3.63, 3.8) is 0 Å². The number of phosphoric acid groups is 2. The summed E-state index contributed by atoms with van der Waals surface area (Å²) in [5, 5.41) is 20.8. The first-order valence-electron chi connectivity index (χ1n) is 48.7. The molecule has 702 valence electrons. The Hall–Kier alpha value is -5.61. The molecule has 0 amide bonds. The molecule has 0 saturated carbocycles. The highest BCUT2D eigenvalue weighted by molar-refractivity contribution is 7.47. The van der Waals surface area contributed by atoms with Crippen LogP contribution in [-0.2, 0) is 55.8 Å². The number of esters is 3. The van der Waals surface area contributed by atoms with Crippen molar-refractivity contribution >= 4 is 33.6 Å². The molecule has 16 nitrogen and oxygen atoms in total. The van der Waals surface area contributed by atoms with Crippen LogP contribution >= 0.6 is 15.6 Å². The molecule has 5 atom stereocenters. The Balaban J connectivity index is 4.57. The number of carbonyl (C=O) groups is 3. The molecule has 4 N–H and O–H groups in total. The van der Waals surface area contributed by atoms with Gasteiger partial charge >= 0.3 is 33.6 Å². The molecular weight excluding hydrogens is 1580 g/mol. The van der Waals surface area contributed by atoms with Gasteiger partial charge in [-0.15, -0.1) is 0 Å². The summed E-state index contributed by atoms with van der Waals surface area (Å²) < 4.78 is 61.5. The van der Waals surface area contributed by atoms with Crippen LogP contribution in [0.3, 0.4) is 0 Å². The Morgan fingerprint density at radius 3 is 0.699 bits per heavy atom. The van der Waals surface area contributed by atoms with E-state index in [1.165, 1.54) is 180 Å². The second-order valence-electron chi connectivity index (χ2n) is 32.1. The maximum Gasteiger partial charge on any atom is 0.472 e. The van der Waals surface area contributed by atoms with Crippen molar-refractivity contribution in [2.45, 2.75) is 411 Å². The molecule has 0 fully saturated rings. The smallest absolute Gasteiger partial charge is 0.463 e. The highest BCUT2D eigenvalue weighted by Gasteiger charge is 2.30. The van der Waals surface area contributed by atoms with Gasteiger partial charge in [-0.3, -0.25) is 32.5 Å². The van der Waals surface area contributed by atoms with Gasteiger partial charge in [0.25, 0.3) is 0 Å². The third-order valence-electron chi connectivity index (χ3n) is 20.3. The van der Waals surface area contributed by atoms with E-state index in [4.69, 9.17) is 32.3 Å². The van der Waals surface area contributed by atoms with Gasteiger partial charge in [-0.1, -0.05) is 401 Å². The maximum absolute atomic E-state index is 13.1. The molecule has 0 aromatic heterocycles. The normalized spacial score (nSPS) is 14.6. The van der Waals surface area contributed by atoms with Crippen molar-refractivity contribution < 1.29 is 75.8 Å². The van der Waals surface area contributed by atoms with E-state index < -0.39 is 91.5 Å². The van der Waals surface area contributed by atoms with E-state index in [9.17, 15) is 43.5 Å². The Kier molecular flexibility index (Phi) is 91.1. The van der Waals surface area contributed by atoms with Crippen molar-refractivity contribution in [3.05, 3.63) is 194 Å². The summed E-state index contributed by atoms with van der Waals surface area (Å²) in [5.41, 5.74) is 0. The second kappa shape index (κ2) is 95.5. The van der Waals surface area contributed by atoms with Crippen molar-refractivity contribution in [1.29, 1.82) is 0 Å². The number of aliphatic hydroxyl groups is 2. The first-order valence-corrected chi connectivity index (χ1v) is 51.7. The average molecular weight is 1760 g/mol. The lowest BCUT2D eigenvalue weighted by Gasteiger charge is -2.21. The van der Waals surface area contributed by atoms with Crippen LogP contribution in [0.15, 0.2) is 194 Å². The van der Waals surface area contributed by atoms with Gasteiger partial charge in [0.2, 0.25) is 0 Å². The van der Waals surface area contributed by atoms with Gasteiger partial charge < -0.3 is 34.2 Å². The molecule has 0 rings (SSSR count). The summed E-state index contributed by atoms with van der Waals surface area (Å²) in [4.78, 5) is 59.1. The van der Waals surface area contributed by atoms with Crippen molar-refractivity contribution in [2.24, 2.45) is 0 Å². The number of hydrogen-bond donors (Lipinski definition) is 4. The minimum Gasteiger partial charge on any atom is -0.463 e. The number of aliphatic hydroxyl groups excluding tert-OH is 2. The van der Waals surface area contributed by atoms with Crippen molar-refractivity contribution in [3.8, 4) is 0 Å². The highest BCUT2D eigenvalue weighted by atomic mass is 31.2. The van der Waals surface area contributed by atoms with E-state index in [1.807, 2.05) is 0 Å². The molecule has 0 saturated heterocycles. The van der Waals surface area contributed by atoms with Crippen LogP contribution in [0.4, 0.5) is 0 Å². The zero-order valence-corrected chi connectivity index (χ0v) is 79.3. The van der Waals surface area contributed by atoms with Crippen LogP contribution in [0.5, 0.6) is 0 Å². The minimum absolute atomic E-state index is 0.0449. The summed E-state index contributed by atoms with van der Waals surface area (Å²) >= 11 is 0. The molecule has 0 spiro atoms. The summed E-state index contributed by atoms with van der Waals surface area (Å²) in [6.07, 6.45) is 128. The van der Waals surface area contributed by atoms with Gasteiger partial charge in [0.1, 0.15) is 25.4 Å². The molecule has 0 aliphatic rings. The van der Waals surface area contributed by atoms with Gasteiger partial charge in [-0.05, 0) is 167 Å². The topological polar surface area (TPSA) is 231 Å². The molecule has 5 unspecified atom stereocenters. The summed E-state index contributed by atoms with van der Waals surface area (Å²) in [6.45, 7) is 2.41. The standard InChI is InChI=1S/C105H176O16P2/c1-4-7-10-13-16-19-22-25-28-31-34-37-39-41-43-45-47-48-49-50-52-54-55-57-59-62-64-67-70-73-76-79-82-85-88-91-103(108)115-94-100(106)95-117-122(111,112)118-96-101(107)97-119-123(113,114)120-99-102(121-105(110)93-90-87-84-81-78-75-72-69-66-61-36-33-30-27-24-21-18-15-12-9-6-3)98-116-104(109)92-89-86-83-80-77-74-71-68-65-63-60-58-56-53-51-46-44-42-40-38-35-32-29-26-23-20-17-14-11-8-5-2/h7,9-10,12,16-21,25-30,34-38,41-44,47-48,61,69,72,78,81,100-102,106-107H,4-6,8,11,13-15,22-24,31-33,39-40,45-46,49-60,62-68,70-71,73-77,79-80,82-99H2,1-3H3,(H,111,112)(H,113,114)/b10-7-,12-9-,19-16-,20-17-,21-18-,28-25-,29-26-,30-27-,37-34-,38-35-,43-41-,44-42-,48-47-,61-36-,72-69-,81-78-. The summed E-state index contributed by atoms with van der Waals surface area (Å²) in [7, 11) is -9.83. The van der Waals surface area contributed by atoms with Crippen molar-refractivity contribution in [1.82, 2.24) is 0 Å². The fourth-order valence-corrected chi connectivity index (χ4v) is 14.6. The zero-order chi connectivity index (χ0) is 89.3. The third-order valence-corrected chi connectivity index (χ3v) is 22.2. The molecule has 0 bridgehead atoms. The number of carbonyl (C=O) groups excluding carboxylic acids is 3. The molecular formula is C105H176O16P2. The second-order valence-corrected chi connectivity index (χ2v) is 35.0. The SMILES string of the molecule is CC/C=C\C/C=C\C/C=C\C/C=C\C/C=C\C/C=C\CCCCCCCCCCCCCCCCCCC(=O)OCC(O)COP(=O)(O)OCC(O)COP(=O)(O)OCC(COC(=O)CCCCCCCCCCCCCCCCC/C=C\C/C=C\C/C=C\C/C=C\CCCCC)OC(=O)CCCC/C=C\C/C=C\C/C=C\C/C=C\C/C=C\C/C=C\CC. The summed E-state index contributed by atoms with van der Waals surface area (Å²) in [6, 6.07) is 0. The monoisotopic (exact) mass is 1760 g/mol.